The standard InChI is InChI=1S/C17H16ClNO/c1-13(14-8-4-2-5-9-14)19-17(20)16(12-18)15-10-6-3-7-11-15/h2-13H,1H3,(H,19,20)/b16-12+. The van der Waals surface area contributed by atoms with E-state index < -0.39 is 0 Å². The van der Waals surface area contributed by atoms with Gasteiger partial charge in [-0.15, -0.1) is 0 Å². The maximum Gasteiger partial charge on any atom is 0.253 e. The molecular formula is C17H16ClNO. The topological polar surface area (TPSA) is 29.1 Å². The van der Waals surface area contributed by atoms with E-state index in [4.69, 9.17) is 11.6 Å². The molecule has 0 radical (unpaired) electrons. The molecule has 2 nitrogen and oxygen atoms in total. The Labute approximate surface area is 124 Å². The van der Waals surface area contributed by atoms with E-state index in [-0.39, 0.29) is 11.9 Å². The molecule has 0 aliphatic heterocycles. The van der Waals surface area contributed by atoms with Crippen LogP contribution >= 0.6 is 11.6 Å². The second kappa shape index (κ2) is 6.92. The second-order valence-corrected chi connectivity index (χ2v) is 4.71. The Bertz CT molecular complexity index is 593. The van der Waals surface area contributed by atoms with Crippen LogP contribution in [0.2, 0.25) is 0 Å². The fourth-order valence-corrected chi connectivity index (χ4v) is 2.19. The minimum Gasteiger partial charge on any atom is -0.345 e. The van der Waals surface area contributed by atoms with Crippen LogP contribution in [0.4, 0.5) is 0 Å². The third-order valence-electron chi connectivity index (χ3n) is 3.09. The van der Waals surface area contributed by atoms with E-state index in [1.165, 1.54) is 5.54 Å². The van der Waals surface area contributed by atoms with E-state index >= 15 is 0 Å². The van der Waals surface area contributed by atoms with Gasteiger partial charge >= 0.3 is 0 Å². The molecule has 0 heterocycles. The summed E-state index contributed by atoms with van der Waals surface area (Å²) in [6.45, 7) is 1.95. The number of nitrogens with one attached hydrogen (secondary N) is 1. The van der Waals surface area contributed by atoms with Crippen LogP contribution in [0.1, 0.15) is 24.1 Å². The molecule has 20 heavy (non-hydrogen) atoms. The number of hydrogen-bond donors (Lipinski definition) is 1. The molecule has 0 aliphatic carbocycles. The molecule has 1 atom stereocenters. The van der Waals surface area contributed by atoms with Gasteiger partial charge in [0.05, 0.1) is 11.6 Å². The van der Waals surface area contributed by atoms with Gasteiger partial charge in [0.15, 0.2) is 0 Å². The summed E-state index contributed by atoms with van der Waals surface area (Å²) in [5, 5.41) is 2.95. The van der Waals surface area contributed by atoms with Crippen LogP contribution in [0, 0.1) is 0 Å². The van der Waals surface area contributed by atoms with Crippen molar-refractivity contribution in [2.45, 2.75) is 13.0 Å². The third-order valence-corrected chi connectivity index (χ3v) is 3.30. The second-order valence-electron chi connectivity index (χ2n) is 4.49. The zero-order valence-corrected chi connectivity index (χ0v) is 12.0. The Balaban J connectivity index is 2.12. The Morgan fingerprint density at radius 2 is 1.60 bits per heavy atom. The molecule has 1 unspecified atom stereocenters. The lowest BCUT2D eigenvalue weighted by Gasteiger charge is -2.15. The van der Waals surface area contributed by atoms with Gasteiger partial charge in [-0.25, -0.2) is 0 Å². The van der Waals surface area contributed by atoms with Crippen LogP contribution in [0.3, 0.4) is 0 Å². The van der Waals surface area contributed by atoms with Gasteiger partial charge in [0.1, 0.15) is 0 Å². The Hall–Kier alpha value is -2.06. The summed E-state index contributed by atoms with van der Waals surface area (Å²) in [6, 6.07) is 19.1. The highest BCUT2D eigenvalue weighted by Crippen LogP contribution is 2.18. The summed E-state index contributed by atoms with van der Waals surface area (Å²) < 4.78 is 0. The smallest absolute Gasteiger partial charge is 0.253 e. The van der Waals surface area contributed by atoms with Gasteiger partial charge in [0.25, 0.3) is 5.91 Å². The number of amides is 1. The van der Waals surface area contributed by atoms with Gasteiger partial charge in [0, 0.05) is 5.54 Å². The summed E-state index contributed by atoms with van der Waals surface area (Å²) in [7, 11) is 0. The van der Waals surface area contributed by atoms with E-state index in [2.05, 4.69) is 5.32 Å². The molecule has 0 aliphatic rings. The van der Waals surface area contributed by atoms with Crippen LogP contribution in [0.15, 0.2) is 66.2 Å². The third kappa shape index (κ3) is 3.49. The monoisotopic (exact) mass is 285 g/mol. The molecule has 2 aromatic carbocycles. The van der Waals surface area contributed by atoms with E-state index in [9.17, 15) is 4.79 Å². The molecule has 0 fully saturated rings. The molecule has 2 aromatic rings. The van der Waals surface area contributed by atoms with Crippen molar-refractivity contribution in [1.29, 1.82) is 0 Å². The number of hydrogen-bond acceptors (Lipinski definition) is 1. The van der Waals surface area contributed by atoms with Crippen molar-refractivity contribution in [3.05, 3.63) is 77.3 Å². The lowest BCUT2D eigenvalue weighted by molar-refractivity contribution is -0.116. The molecule has 1 amide bonds. The number of rotatable bonds is 4. The highest BCUT2D eigenvalue weighted by atomic mass is 35.5. The van der Waals surface area contributed by atoms with E-state index in [0.717, 1.165) is 11.1 Å². The van der Waals surface area contributed by atoms with E-state index in [1.54, 1.807) is 0 Å². The Morgan fingerprint density at radius 1 is 1.05 bits per heavy atom. The van der Waals surface area contributed by atoms with Crippen LogP contribution in [-0.2, 0) is 4.79 Å². The van der Waals surface area contributed by atoms with Gasteiger partial charge in [-0.1, -0.05) is 72.3 Å². The molecule has 0 spiro atoms. The molecule has 1 N–H and O–H groups in total. The first kappa shape index (κ1) is 14.4. The molecular weight excluding hydrogens is 270 g/mol. The number of carbonyl (C=O) groups is 1. The fourth-order valence-electron chi connectivity index (χ4n) is 1.96. The summed E-state index contributed by atoms with van der Waals surface area (Å²) in [5.74, 6) is -0.178. The minimum atomic E-state index is -0.178. The summed E-state index contributed by atoms with van der Waals surface area (Å²) in [4.78, 5) is 12.3. The van der Waals surface area contributed by atoms with Gasteiger partial charge < -0.3 is 5.32 Å². The summed E-state index contributed by atoms with van der Waals surface area (Å²) >= 11 is 5.80. The first-order valence-electron chi connectivity index (χ1n) is 6.44. The van der Waals surface area contributed by atoms with Crippen molar-refractivity contribution < 1.29 is 4.79 Å². The predicted octanol–water partition coefficient (Wildman–Crippen LogP) is 4.14. The van der Waals surface area contributed by atoms with E-state index in [0.29, 0.717) is 5.57 Å². The average molecular weight is 286 g/mol. The first-order chi connectivity index (χ1) is 9.72. The molecule has 0 aromatic heterocycles. The molecule has 102 valence electrons. The van der Waals surface area contributed by atoms with Crippen molar-refractivity contribution >= 4 is 23.1 Å². The maximum absolute atomic E-state index is 12.3. The van der Waals surface area contributed by atoms with Crippen molar-refractivity contribution in [2.75, 3.05) is 0 Å². The SMILES string of the molecule is CC(NC(=O)/C(=C/Cl)c1ccccc1)c1ccccc1. The predicted molar refractivity (Wildman–Crippen MR) is 83.3 cm³/mol. The highest BCUT2D eigenvalue weighted by molar-refractivity contribution is 6.35. The zero-order chi connectivity index (χ0) is 14.4. The van der Waals surface area contributed by atoms with Crippen LogP contribution in [-0.4, -0.2) is 5.91 Å². The maximum atomic E-state index is 12.3. The van der Waals surface area contributed by atoms with Crippen LogP contribution < -0.4 is 5.32 Å². The number of carbonyl (C=O) groups excluding carboxylic acids is 1. The normalized spacial score (nSPS) is 12.8. The Kier molecular flexibility index (Phi) is 4.97. The number of benzene rings is 2. The largest absolute Gasteiger partial charge is 0.345 e. The van der Waals surface area contributed by atoms with Gasteiger partial charge in [-0.2, -0.15) is 0 Å². The lowest BCUT2D eigenvalue weighted by atomic mass is 10.1. The molecule has 0 saturated carbocycles. The quantitative estimate of drug-likeness (QED) is 0.840. The highest BCUT2D eigenvalue weighted by Gasteiger charge is 2.14. The van der Waals surface area contributed by atoms with Crippen molar-refractivity contribution in [3.8, 4) is 0 Å². The lowest BCUT2D eigenvalue weighted by Crippen LogP contribution is -2.27. The van der Waals surface area contributed by atoms with Crippen molar-refractivity contribution in [3.63, 3.8) is 0 Å². The first-order valence-corrected chi connectivity index (χ1v) is 6.87. The fraction of sp³-hybridized carbons (Fsp3) is 0.118. The van der Waals surface area contributed by atoms with Crippen molar-refractivity contribution in [1.82, 2.24) is 5.32 Å². The average Bonchev–Trinajstić information content (AvgIpc) is 2.50. The van der Waals surface area contributed by atoms with Crippen LogP contribution in [0.5, 0.6) is 0 Å². The molecule has 2 rings (SSSR count). The van der Waals surface area contributed by atoms with Crippen LogP contribution in [0.25, 0.3) is 5.57 Å². The van der Waals surface area contributed by atoms with Gasteiger partial charge in [0.2, 0.25) is 0 Å². The molecule has 0 bridgehead atoms. The minimum absolute atomic E-state index is 0.0703. The molecule has 0 saturated heterocycles. The van der Waals surface area contributed by atoms with Gasteiger partial charge in [-0.05, 0) is 18.1 Å². The van der Waals surface area contributed by atoms with E-state index in [1.807, 2.05) is 67.6 Å². The zero-order valence-electron chi connectivity index (χ0n) is 11.2. The number of halogens is 1. The van der Waals surface area contributed by atoms with Gasteiger partial charge in [-0.3, -0.25) is 4.79 Å². The van der Waals surface area contributed by atoms with Crippen molar-refractivity contribution in [2.24, 2.45) is 0 Å². The Morgan fingerprint density at radius 3 is 2.15 bits per heavy atom. The summed E-state index contributed by atoms with van der Waals surface area (Å²) in [5.41, 5.74) is 3.65. The molecule has 3 heteroatoms. The summed E-state index contributed by atoms with van der Waals surface area (Å²) in [6.07, 6.45) is 0.